The summed E-state index contributed by atoms with van der Waals surface area (Å²) >= 11 is 1.59. The Hall–Kier alpha value is -1.73. The van der Waals surface area contributed by atoms with E-state index in [1.807, 2.05) is 17.5 Å². The fraction of sp³-hybridized carbons (Fsp3) is 0.667. The van der Waals surface area contributed by atoms with Crippen LogP contribution < -0.4 is 0 Å². The van der Waals surface area contributed by atoms with E-state index in [4.69, 9.17) is 9.26 Å². The number of hydrogen-bond donors (Lipinski definition) is 0. The molecule has 6 nitrogen and oxygen atoms in total. The summed E-state index contributed by atoms with van der Waals surface area (Å²) in [7, 11) is 0. The molecule has 152 valence electrons. The van der Waals surface area contributed by atoms with Crippen molar-refractivity contribution >= 4 is 17.2 Å². The number of ether oxygens (including phenoxy) is 1. The highest BCUT2D eigenvalue weighted by molar-refractivity contribution is 7.13. The van der Waals surface area contributed by atoms with Crippen molar-refractivity contribution < 1.29 is 14.1 Å². The second-order valence-corrected chi connectivity index (χ2v) is 9.39. The average Bonchev–Trinajstić information content (AvgIpc) is 3.41. The van der Waals surface area contributed by atoms with Crippen molar-refractivity contribution in [3.05, 3.63) is 23.4 Å². The number of aromatic nitrogens is 2. The quantitative estimate of drug-likeness (QED) is 0.662. The monoisotopic (exact) mass is 403 g/mol. The maximum atomic E-state index is 13.0. The van der Waals surface area contributed by atoms with Crippen LogP contribution in [0.1, 0.15) is 52.3 Å². The van der Waals surface area contributed by atoms with Crippen LogP contribution >= 0.6 is 11.3 Å². The van der Waals surface area contributed by atoms with Gasteiger partial charge in [0.05, 0.1) is 11.0 Å². The number of thiophene rings is 1. The van der Waals surface area contributed by atoms with Gasteiger partial charge in [-0.15, -0.1) is 11.3 Å². The number of hydrogen-bond acceptors (Lipinski definition) is 6. The van der Waals surface area contributed by atoms with Gasteiger partial charge in [0.1, 0.15) is 0 Å². The molecule has 1 amide bonds. The van der Waals surface area contributed by atoms with Crippen LogP contribution in [0.15, 0.2) is 22.0 Å². The summed E-state index contributed by atoms with van der Waals surface area (Å²) in [6.07, 6.45) is 4.22. The van der Waals surface area contributed by atoms with E-state index in [-0.39, 0.29) is 11.3 Å². The minimum Gasteiger partial charge on any atom is -0.377 e. The van der Waals surface area contributed by atoms with Crippen LogP contribution in [0.25, 0.3) is 10.7 Å². The second kappa shape index (κ2) is 7.95. The Balaban J connectivity index is 1.34. The Morgan fingerprint density at radius 2 is 2.29 bits per heavy atom. The van der Waals surface area contributed by atoms with Gasteiger partial charge in [-0.3, -0.25) is 4.79 Å². The van der Waals surface area contributed by atoms with E-state index in [0.29, 0.717) is 42.6 Å². The number of fused-ring (bicyclic) bond motifs is 1. The lowest BCUT2D eigenvalue weighted by molar-refractivity contribution is -0.171. The summed E-state index contributed by atoms with van der Waals surface area (Å²) in [6, 6.07) is 4.24. The maximum Gasteiger partial charge on any atom is 0.226 e. The van der Waals surface area contributed by atoms with E-state index in [0.717, 1.165) is 37.3 Å². The Morgan fingerprint density at radius 1 is 1.43 bits per heavy atom. The van der Waals surface area contributed by atoms with Crippen molar-refractivity contribution in [2.24, 2.45) is 11.3 Å². The largest absolute Gasteiger partial charge is 0.377 e. The van der Waals surface area contributed by atoms with E-state index < -0.39 is 0 Å². The molecule has 2 fully saturated rings. The lowest BCUT2D eigenvalue weighted by Gasteiger charge is -2.58. The predicted octanol–water partition coefficient (Wildman–Crippen LogP) is 4.17. The van der Waals surface area contributed by atoms with Crippen LogP contribution in [0.2, 0.25) is 0 Å². The zero-order chi connectivity index (χ0) is 19.7. The number of carbonyl (C=O) groups is 1. The van der Waals surface area contributed by atoms with Crippen LogP contribution in [0, 0.1) is 11.3 Å². The fourth-order valence-electron chi connectivity index (χ4n) is 4.99. The maximum absolute atomic E-state index is 13.0. The average molecular weight is 404 g/mol. The molecule has 2 aromatic rings. The van der Waals surface area contributed by atoms with Crippen LogP contribution in [0.3, 0.4) is 0 Å². The SMILES string of the molecule is CCCN(C(=O)CCCc1nc(-c2cccs2)no1)[C@@H]1[C@@H]2CCO[C@@H]2C1(C)C. The van der Waals surface area contributed by atoms with Crippen molar-refractivity contribution in [2.45, 2.75) is 65.0 Å². The van der Waals surface area contributed by atoms with Gasteiger partial charge in [0.15, 0.2) is 0 Å². The van der Waals surface area contributed by atoms with Gasteiger partial charge in [-0.05, 0) is 30.7 Å². The molecule has 1 aliphatic heterocycles. The second-order valence-electron chi connectivity index (χ2n) is 8.44. The molecule has 1 saturated heterocycles. The smallest absolute Gasteiger partial charge is 0.226 e. The van der Waals surface area contributed by atoms with E-state index in [1.54, 1.807) is 11.3 Å². The minimum atomic E-state index is 0.0358. The summed E-state index contributed by atoms with van der Waals surface area (Å²) in [5.74, 6) is 1.97. The van der Waals surface area contributed by atoms with Crippen molar-refractivity contribution in [1.82, 2.24) is 15.0 Å². The molecular weight excluding hydrogens is 374 g/mol. The first kappa shape index (κ1) is 19.6. The molecule has 0 aromatic carbocycles. The Kier molecular flexibility index (Phi) is 5.56. The first-order chi connectivity index (χ1) is 13.5. The van der Waals surface area contributed by atoms with Crippen LogP contribution in [0.5, 0.6) is 0 Å². The number of rotatable bonds is 8. The van der Waals surface area contributed by atoms with Gasteiger partial charge < -0.3 is 14.2 Å². The van der Waals surface area contributed by atoms with Crippen LogP contribution in [-0.2, 0) is 16.0 Å². The molecule has 1 saturated carbocycles. The lowest BCUT2D eigenvalue weighted by atomic mass is 9.56. The summed E-state index contributed by atoms with van der Waals surface area (Å²) in [6.45, 7) is 8.26. The first-order valence-electron chi connectivity index (χ1n) is 10.3. The summed E-state index contributed by atoms with van der Waals surface area (Å²) in [4.78, 5) is 20.6. The third-order valence-electron chi connectivity index (χ3n) is 6.15. The van der Waals surface area contributed by atoms with Gasteiger partial charge in [0.2, 0.25) is 17.6 Å². The van der Waals surface area contributed by atoms with E-state index >= 15 is 0 Å². The highest BCUT2D eigenvalue weighted by Gasteiger charge is 2.61. The molecule has 2 aromatic heterocycles. The Morgan fingerprint density at radius 3 is 3.04 bits per heavy atom. The molecule has 3 atom stereocenters. The number of aryl methyl sites for hydroxylation is 1. The molecule has 0 spiro atoms. The molecule has 1 aliphatic carbocycles. The lowest BCUT2D eigenvalue weighted by Crippen LogP contribution is -2.67. The predicted molar refractivity (Wildman–Crippen MR) is 108 cm³/mol. The van der Waals surface area contributed by atoms with Gasteiger partial charge >= 0.3 is 0 Å². The fourth-order valence-corrected chi connectivity index (χ4v) is 5.64. The summed E-state index contributed by atoms with van der Waals surface area (Å²) in [5, 5.41) is 6.04. The normalized spacial score (nSPS) is 25.3. The molecular formula is C21H29N3O3S. The third-order valence-corrected chi connectivity index (χ3v) is 7.02. The highest BCUT2D eigenvalue weighted by atomic mass is 32.1. The van der Waals surface area contributed by atoms with Gasteiger partial charge in [0, 0.05) is 43.4 Å². The molecule has 0 unspecified atom stereocenters. The van der Waals surface area contributed by atoms with Crippen molar-refractivity contribution in [2.75, 3.05) is 13.2 Å². The molecule has 28 heavy (non-hydrogen) atoms. The van der Waals surface area contributed by atoms with Crippen molar-refractivity contribution in [1.29, 1.82) is 0 Å². The molecule has 7 heteroatoms. The topological polar surface area (TPSA) is 68.5 Å². The van der Waals surface area contributed by atoms with Gasteiger partial charge in [-0.2, -0.15) is 4.98 Å². The number of carbonyl (C=O) groups excluding carboxylic acids is 1. The van der Waals surface area contributed by atoms with E-state index in [1.165, 1.54) is 0 Å². The van der Waals surface area contributed by atoms with Gasteiger partial charge in [0.25, 0.3) is 0 Å². The zero-order valence-electron chi connectivity index (χ0n) is 16.9. The molecule has 0 radical (unpaired) electrons. The third kappa shape index (κ3) is 3.50. The zero-order valence-corrected chi connectivity index (χ0v) is 17.7. The number of amides is 1. The molecule has 3 heterocycles. The first-order valence-corrected chi connectivity index (χ1v) is 11.2. The minimum absolute atomic E-state index is 0.0358. The van der Waals surface area contributed by atoms with Crippen molar-refractivity contribution in [3.8, 4) is 10.7 Å². The standard InChI is InChI=1S/C21H29N3O3S/c1-4-11-24(18-14-10-12-26-19(14)21(18,2)3)17(25)9-5-8-16-22-20(23-27-16)15-7-6-13-28-15/h6-7,13-14,18-19H,4-5,8-12H2,1-3H3/t14-,18+,19-/m0/s1. The Labute approximate surface area is 170 Å². The summed E-state index contributed by atoms with van der Waals surface area (Å²) in [5.41, 5.74) is 0.0358. The van der Waals surface area contributed by atoms with Gasteiger partial charge in [-0.25, -0.2) is 0 Å². The molecule has 0 bridgehead atoms. The van der Waals surface area contributed by atoms with E-state index in [2.05, 4.69) is 35.8 Å². The van der Waals surface area contributed by atoms with Crippen molar-refractivity contribution in [3.63, 3.8) is 0 Å². The van der Waals surface area contributed by atoms with Gasteiger partial charge in [-0.1, -0.05) is 32.0 Å². The van der Waals surface area contributed by atoms with E-state index in [9.17, 15) is 4.79 Å². The highest BCUT2D eigenvalue weighted by Crippen LogP contribution is 2.54. The van der Waals surface area contributed by atoms with Crippen LogP contribution in [-0.4, -0.2) is 46.2 Å². The summed E-state index contributed by atoms with van der Waals surface area (Å²) < 4.78 is 11.3. The Bertz CT molecular complexity index is 802. The van der Waals surface area contributed by atoms with Crippen LogP contribution in [0.4, 0.5) is 0 Å². The molecule has 0 N–H and O–H groups in total. The number of nitrogens with zero attached hydrogens (tertiary/aromatic N) is 3. The molecule has 2 aliphatic rings. The molecule has 4 rings (SSSR count).